The molecule has 3 saturated heterocycles. The maximum absolute atomic E-state index is 13.6. The van der Waals surface area contributed by atoms with Gasteiger partial charge in [0.1, 0.15) is 35.8 Å². The van der Waals surface area contributed by atoms with Crippen LogP contribution in [0.4, 0.5) is 27.6 Å². The number of nitrogens with one attached hydrogen (secondary N) is 3. The minimum atomic E-state index is -0.368. The van der Waals surface area contributed by atoms with Gasteiger partial charge in [-0.2, -0.15) is 0 Å². The van der Waals surface area contributed by atoms with Crippen molar-refractivity contribution in [1.29, 1.82) is 0 Å². The van der Waals surface area contributed by atoms with Gasteiger partial charge < -0.3 is 44.4 Å². The van der Waals surface area contributed by atoms with E-state index in [9.17, 15) is 41.9 Å². The lowest BCUT2D eigenvalue weighted by atomic mass is 9.57. The summed E-state index contributed by atoms with van der Waals surface area (Å²) < 4.78 is 73.0. The third kappa shape index (κ3) is 17.9. The summed E-state index contributed by atoms with van der Waals surface area (Å²) in [6.07, 6.45) is 27.2. The Hall–Kier alpha value is -9.66. The van der Waals surface area contributed by atoms with Crippen molar-refractivity contribution in [3.63, 3.8) is 0 Å². The largest absolute Gasteiger partial charge is 0.462 e. The number of alkyl carbamates (subject to hydrolysis) is 3. The normalized spacial score (nSPS) is 31.4. The van der Waals surface area contributed by atoms with Crippen molar-refractivity contribution in [3.05, 3.63) is 181 Å². The number of aromatic nitrogens is 3. The van der Waals surface area contributed by atoms with Crippen molar-refractivity contribution in [1.82, 2.24) is 30.9 Å². The van der Waals surface area contributed by atoms with E-state index in [2.05, 4.69) is 49.1 Å². The third-order valence-electron chi connectivity index (χ3n) is 24.5. The molecule has 18 nitrogen and oxygen atoms in total. The highest BCUT2D eigenvalue weighted by Crippen LogP contribution is 2.57. The molecule has 3 amide bonds. The molecule has 9 fully saturated rings. The SMILES string of the molecule is CCOC(=O)N[C@@H]1CC[C@@H]2[C@@H](C1)C[C@@H]1C(=O)O[C@H](C)[C@H]1[C@H]2/C=C/c1ccc(-c2cccc(F)c2)cn1.CCOC(=O)N[C@@H]1CC[C@H]2[C@@H](C1)C[C@@H]1C(=O)O[C@H](C)[C@@H]1[C@@H]2/C=C/c1ccc(-c2cccc(F)c2)cn1.CCOC(=O)N[C@@H]1CC[C@H]2[C@@H](C1)C[C@H]1C(=O)O[C@@H](C)[C@@H]1[C@H]2/C=C/c1ccc(-c2cccc(F)c2)cn1. The molecule has 15 rings (SSSR count). The minimum absolute atomic E-state index is 0.0679. The predicted octanol–water partition coefficient (Wildman–Crippen LogP) is 16.9. The Morgan fingerprint density at radius 3 is 0.944 bits per heavy atom. The number of ether oxygens (including phenoxy) is 6. The van der Waals surface area contributed by atoms with Crippen LogP contribution in [-0.4, -0.2) is 107 Å². The summed E-state index contributed by atoms with van der Waals surface area (Å²) in [4.78, 5) is 87.7. The van der Waals surface area contributed by atoms with Crippen LogP contribution in [0, 0.1) is 106 Å². The molecule has 0 bridgehead atoms. The highest BCUT2D eigenvalue weighted by atomic mass is 19.1. The van der Waals surface area contributed by atoms with Gasteiger partial charge in [-0.3, -0.25) is 29.3 Å². The molecule has 108 heavy (non-hydrogen) atoms. The molecular formula is C87H99F3N6O12. The smallest absolute Gasteiger partial charge is 0.407 e. The number of pyridine rings is 3. The van der Waals surface area contributed by atoms with E-state index >= 15 is 0 Å². The van der Waals surface area contributed by atoms with Crippen LogP contribution < -0.4 is 16.0 Å². The van der Waals surface area contributed by atoms with Crippen molar-refractivity contribution in [2.45, 2.75) is 155 Å². The van der Waals surface area contributed by atoms with E-state index in [-0.39, 0.29) is 143 Å². The fourth-order valence-electron chi connectivity index (χ4n) is 19.9. The summed E-state index contributed by atoms with van der Waals surface area (Å²) in [6, 6.07) is 31.3. The lowest BCUT2D eigenvalue weighted by Gasteiger charge is -2.47. The molecule has 9 aliphatic rings. The number of amides is 3. The van der Waals surface area contributed by atoms with Crippen LogP contribution in [0.5, 0.6) is 0 Å². The summed E-state index contributed by atoms with van der Waals surface area (Å²) in [5.74, 6) is 1.89. The van der Waals surface area contributed by atoms with Gasteiger partial charge in [0, 0.05) is 71.2 Å². The maximum Gasteiger partial charge on any atom is 0.407 e. The molecule has 3 N–H and O–H groups in total. The summed E-state index contributed by atoms with van der Waals surface area (Å²) in [6.45, 7) is 12.5. The van der Waals surface area contributed by atoms with Crippen molar-refractivity contribution in [2.75, 3.05) is 19.8 Å². The molecule has 570 valence electrons. The molecule has 6 aliphatic carbocycles. The number of halogens is 3. The lowest BCUT2D eigenvalue weighted by molar-refractivity contribution is -0.145. The Labute approximate surface area is 630 Å². The summed E-state index contributed by atoms with van der Waals surface area (Å²) in [5.41, 5.74) is 7.43. The molecule has 6 saturated carbocycles. The molecule has 3 aromatic heterocycles. The van der Waals surface area contributed by atoms with Crippen molar-refractivity contribution in [2.24, 2.45) is 88.8 Å². The molecule has 3 aromatic carbocycles. The number of carbonyl (C=O) groups excluding carboxylic acids is 6. The Kier molecular flexibility index (Phi) is 24.6. The number of rotatable bonds is 15. The number of carbonyl (C=O) groups is 6. The highest BCUT2D eigenvalue weighted by molar-refractivity contribution is 5.78. The Bertz CT molecular complexity index is 3830. The minimum Gasteiger partial charge on any atom is -0.462 e. The van der Waals surface area contributed by atoms with E-state index in [1.54, 1.807) is 57.6 Å². The van der Waals surface area contributed by atoms with Gasteiger partial charge in [-0.15, -0.1) is 0 Å². The summed E-state index contributed by atoms with van der Waals surface area (Å²) in [5, 5.41) is 9.00. The first-order valence-electron chi connectivity index (χ1n) is 38.9. The molecule has 6 aromatic rings. The van der Waals surface area contributed by atoms with Crippen LogP contribution in [0.1, 0.15) is 136 Å². The topological polar surface area (TPSA) is 233 Å². The maximum atomic E-state index is 13.6. The molecule has 0 radical (unpaired) electrons. The highest BCUT2D eigenvalue weighted by Gasteiger charge is 2.58. The fourth-order valence-corrected chi connectivity index (χ4v) is 19.9. The zero-order chi connectivity index (χ0) is 75.7. The van der Waals surface area contributed by atoms with Gasteiger partial charge in [0.15, 0.2) is 0 Å². The monoisotopic (exact) mass is 1480 g/mol. The van der Waals surface area contributed by atoms with Gasteiger partial charge in [0.05, 0.1) is 54.7 Å². The molecule has 6 heterocycles. The van der Waals surface area contributed by atoms with E-state index in [0.717, 1.165) is 128 Å². The van der Waals surface area contributed by atoms with Crippen LogP contribution >= 0.6 is 0 Å². The number of benzene rings is 3. The summed E-state index contributed by atoms with van der Waals surface area (Å²) in [7, 11) is 0. The standard InChI is InChI=1S/3C29H33FN2O4/c3*1-3-35-29(34)32-23-10-11-24-20(14-23)15-26-27(17(2)36-28(26)33)25(24)12-9-22-8-7-19(16-31-22)18-5-4-6-21(30)13-18/h3*4-9,12-13,16-17,20,23-27H,3,10-11,14-15H2,1-2H3,(H,32,34)/b3*12-9+/t17-,20+,23-,24+,25-,26+,27-;17-,20+,23-,24-,25+,26+,27+;17-,20-,23+,24-,25-,26+,27+/m110/s1. The second kappa shape index (κ2) is 34.7. The molecule has 21 heteroatoms. The lowest BCUT2D eigenvalue weighted by Crippen LogP contribution is -2.48. The molecule has 3 aliphatic heterocycles. The molecule has 21 atom stereocenters. The average molecular weight is 1480 g/mol. The van der Waals surface area contributed by atoms with Crippen molar-refractivity contribution >= 4 is 54.4 Å². The Balaban J connectivity index is 0.000000143. The van der Waals surface area contributed by atoms with E-state index in [1.165, 1.54) is 36.4 Å². The first kappa shape index (κ1) is 76.5. The van der Waals surface area contributed by atoms with Crippen molar-refractivity contribution < 1.29 is 70.4 Å². The number of hydrogen-bond donors (Lipinski definition) is 3. The summed E-state index contributed by atoms with van der Waals surface area (Å²) >= 11 is 0. The van der Waals surface area contributed by atoms with Gasteiger partial charge in [-0.25, -0.2) is 27.6 Å². The van der Waals surface area contributed by atoms with Crippen LogP contribution in [-0.2, 0) is 42.8 Å². The quantitative estimate of drug-likeness (QED) is 0.0641. The number of cyclic esters (lactones) is 3. The first-order valence-corrected chi connectivity index (χ1v) is 38.9. The molecular weight excluding hydrogens is 1380 g/mol. The number of fused-ring (bicyclic) bond motifs is 6. The van der Waals surface area contributed by atoms with Gasteiger partial charge in [0.25, 0.3) is 0 Å². The van der Waals surface area contributed by atoms with Crippen LogP contribution in [0.3, 0.4) is 0 Å². The van der Waals surface area contributed by atoms with Crippen LogP contribution in [0.2, 0.25) is 0 Å². The number of nitrogens with zero attached hydrogens (tertiary/aromatic N) is 3. The Morgan fingerprint density at radius 2 is 0.694 bits per heavy atom. The number of hydrogen-bond acceptors (Lipinski definition) is 15. The second-order valence-electron chi connectivity index (χ2n) is 30.8. The third-order valence-corrected chi connectivity index (χ3v) is 24.5. The zero-order valence-electron chi connectivity index (χ0n) is 62.2. The van der Waals surface area contributed by atoms with Gasteiger partial charge in [-0.1, -0.05) is 72.8 Å². The molecule has 0 spiro atoms. The Morgan fingerprint density at radius 1 is 0.407 bits per heavy atom. The number of esters is 3. The van der Waals surface area contributed by atoms with E-state index in [4.69, 9.17) is 28.4 Å². The van der Waals surface area contributed by atoms with Crippen LogP contribution in [0.25, 0.3) is 51.6 Å². The zero-order valence-corrected chi connectivity index (χ0v) is 62.2. The van der Waals surface area contributed by atoms with Gasteiger partial charge in [-0.05, 0) is 261 Å². The first-order chi connectivity index (χ1) is 52.3. The van der Waals surface area contributed by atoms with Crippen LogP contribution in [0.15, 0.2) is 146 Å². The predicted molar refractivity (Wildman–Crippen MR) is 402 cm³/mol. The average Bonchev–Trinajstić information content (AvgIpc) is 1.54. The number of allylic oxidation sites excluding steroid dienone is 3. The van der Waals surface area contributed by atoms with Gasteiger partial charge >= 0.3 is 36.2 Å². The second-order valence-corrected chi connectivity index (χ2v) is 30.8. The molecule has 0 unspecified atom stereocenters. The van der Waals surface area contributed by atoms with Crippen molar-refractivity contribution in [3.8, 4) is 33.4 Å². The van der Waals surface area contributed by atoms with E-state index < -0.39 is 0 Å². The fraction of sp³-hybridized carbons (Fsp3) is 0.483. The van der Waals surface area contributed by atoms with E-state index in [1.807, 2.05) is 93.6 Å². The van der Waals surface area contributed by atoms with Gasteiger partial charge in [0.2, 0.25) is 0 Å². The van der Waals surface area contributed by atoms with E-state index in [0.29, 0.717) is 55.3 Å².